The van der Waals surface area contributed by atoms with E-state index in [0.717, 1.165) is 47.3 Å². The van der Waals surface area contributed by atoms with E-state index < -0.39 is 11.5 Å². The second kappa shape index (κ2) is 11.1. The number of amides is 2. The zero-order valence-electron chi connectivity index (χ0n) is 26.7. The number of hydrogen-bond acceptors (Lipinski definition) is 7. The predicted octanol–water partition coefficient (Wildman–Crippen LogP) is 6.57. The molecular formula is C35H41N3O5S. The maximum atomic E-state index is 14.4. The van der Waals surface area contributed by atoms with Gasteiger partial charge in [-0.3, -0.25) is 19.1 Å². The Morgan fingerprint density at radius 3 is 2.45 bits per heavy atom. The fraction of sp³-hybridized carbons (Fsp3) is 0.486. The Morgan fingerprint density at radius 2 is 1.82 bits per heavy atom. The van der Waals surface area contributed by atoms with Crippen LogP contribution in [-0.2, 0) is 14.3 Å². The number of Topliss-reactive ketones (excluding diaryl/α,β-unsaturated/α-hetero) is 1. The van der Waals surface area contributed by atoms with Crippen LogP contribution in [0.1, 0.15) is 92.4 Å². The van der Waals surface area contributed by atoms with E-state index in [0.29, 0.717) is 59.8 Å². The van der Waals surface area contributed by atoms with Crippen LogP contribution in [0.3, 0.4) is 0 Å². The predicted molar refractivity (Wildman–Crippen MR) is 171 cm³/mol. The van der Waals surface area contributed by atoms with Gasteiger partial charge in [-0.15, -0.1) is 0 Å². The number of pyridine rings is 1. The van der Waals surface area contributed by atoms with Gasteiger partial charge in [0.25, 0.3) is 11.8 Å². The van der Waals surface area contributed by atoms with Gasteiger partial charge in [-0.05, 0) is 82.2 Å². The van der Waals surface area contributed by atoms with Gasteiger partial charge in [0.2, 0.25) is 0 Å². The SMILES string of the molecule is CCN1C(=O)C2=C(CC1(C)C)OC1=C(C(=O)CC3(CCC3)C1)[C@H]2c1c(OC)ccc(-c2ccc(C)c(C(=O)NSC)n2)c1C. The van der Waals surface area contributed by atoms with E-state index in [1.165, 1.54) is 11.9 Å². The molecule has 4 aliphatic rings. The minimum Gasteiger partial charge on any atom is -0.496 e. The van der Waals surface area contributed by atoms with Crippen molar-refractivity contribution in [1.29, 1.82) is 0 Å². The van der Waals surface area contributed by atoms with Crippen LogP contribution < -0.4 is 9.46 Å². The number of likely N-dealkylation sites (N-methyl/N-ethyl adjacent to an activating group) is 1. The summed E-state index contributed by atoms with van der Waals surface area (Å²) in [7, 11) is 1.62. The zero-order valence-corrected chi connectivity index (χ0v) is 27.5. The highest BCUT2D eigenvalue weighted by Crippen LogP contribution is 2.59. The highest BCUT2D eigenvalue weighted by Gasteiger charge is 2.53. The lowest BCUT2D eigenvalue weighted by Crippen LogP contribution is -2.54. The molecule has 0 radical (unpaired) electrons. The number of allylic oxidation sites excluding steroid dienone is 2. The van der Waals surface area contributed by atoms with Gasteiger partial charge in [0.05, 0.1) is 24.3 Å². The van der Waals surface area contributed by atoms with E-state index >= 15 is 0 Å². The summed E-state index contributed by atoms with van der Waals surface area (Å²) in [6.45, 7) is 10.5. The van der Waals surface area contributed by atoms with Crippen molar-refractivity contribution < 1.29 is 23.9 Å². The molecule has 2 aliphatic heterocycles. The Kier molecular flexibility index (Phi) is 7.67. The van der Waals surface area contributed by atoms with Crippen molar-refractivity contribution in [2.45, 2.75) is 84.6 Å². The van der Waals surface area contributed by atoms with Crippen LogP contribution >= 0.6 is 11.9 Å². The quantitative estimate of drug-likeness (QED) is 0.367. The topological polar surface area (TPSA) is 97.8 Å². The molecule has 1 spiro atoms. The number of rotatable bonds is 6. The molecule has 8 nitrogen and oxygen atoms in total. The van der Waals surface area contributed by atoms with Crippen LogP contribution in [-0.4, -0.2) is 52.9 Å². The van der Waals surface area contributed by atoms with Gasteiger partial charge in [0.15, 0.2) is 5.78 Å². The highest BCUT2D eigenvalue weighted by molar-refractivity contribution is 7.97. The summed E-state index contributed by atoms with van der Waals surface area (Å²) < 4.78 is 15.4. The van der Waals surface area contributed by atoms with Crippen molar-refractivity contribution in [1.82, 2.24) is 14.6 Å². The summed E-state index contributed by atoms with van der Waals surface area (Å²) in [5, 5.41) is 0. The number of carbonyl (C=O) groups excluding carboxylic acids is 3. The van der Waals surface area contributed by atoms with Crippen molar-refractivity contribution in [2.24, 2.45) is 5.41 Å². The number of nitrogens with zero attached hydrogens (tertiary/aromatic N) is 2. The number of hydrogen-bond donors (Lipinski definition) is 1. The number of aromatic nitrogens is 1. The molecule has 2 amide bonds. The minimum absolute atomic E-state index is 0.0390. The molecule has 9 heteroatoms. The lowest BCUT2D eigenvalue weighted by atomic mass is 9.58. The van der Waals surface area contributed by atoms with E-state index in [-0.39, 0.29) is 23.0 Å². The first kappa shape index (κ1) is 30.4. The molecule has 0 bridgehead atoms. The summed E-state index contributed by atoms with van der Waals surface area (Å²) in [4.78, 5) is 48.1. The number of benzene rings is 1. The smallest absolute Gasteiger partial charge is 0.279 e. The average Bonchev–Trinajstić information content (AvgIpc) is 2.95. The van der Waals surface area contributed by atoms with Crippen LogP contribution in [0, 0.1) is 19.3 Å². The second-order valence-corrected chi connectivity index (χ2v) is 13.8. The number of aryl methyl sites for hydroxylation is 1. The summed E-state index contributed by atoms with van der Waals surface area (Å²) >= 11 is 1.23. The van der Waals surface area contributed by atoms with Crippen LogP contribution in [0.25, 0.3) is 11.3 Å². The van der Waals surface area contributed by atoms with Crippen molar-refractivity contribution in [3.63, 3.8) is 0 Å². The van der Waals surface area contributed by atoms with Gasteiger partial charge in [-0.2, -0.15) is 0 Å². The highest BCUT2D eigenvalue weighted by atomic mass is 32.2. The second-order valence-electron chi connectivity index (χ2n) is 13.2. The largest absolute Gasteiger partial charge is 0.496 e. The average molecular weight is 616 g/mol. The van der Waals surface area contributed by atoms with E-state index in [9.17, 15) is 14.4 Å². The molecule has 1 N–H and O–H groups in total. The lowest BCUT2D eigenvalue weighted by Gasteiger charge is -2.50. The minimum atomic E-state index is -0.629. The molecule has 1 fully saturated rings. The van der Waals surface area contributed by atoms with Crippen LogP contribution in [0.15, 0.2) is 46.9 Å². The number of ketones is 1. The van der Waals surface area contributed by atoms with Crippen LogP contribution in [0.2, 0.25) is 0 Å². The zero-order chi connectivity index (χ0) is 31.6. The molecule has 44 heavy (non-hydrogen) atoms. The number of nitrogens with one attached hydrogen (secondary N) is 1. The van der Waals surface area contributed by atoms with Gasteiger partial charge in [0.1, 0.15) is 23.0 Å². The first-order valence-electron chi connectivity index (χ1n) is 15.4. The molecule has 232 valence electrons. The number of carbonyl (C=O) groups is 3. The first-order chi connectivity index (χ1) is 20.9. The van der Waals surface area contributed by atoms with E-state index in [2.05, 4.69) is 18.6 Å². The fourth-order valence-electron chi connectivity index (χ4n) is 7.75. The van der Waals surface area contributed by atoms with E-state index in [1.807, 2.05) is 49.9 Å². The van der Waals surface area contributed by atoms with Gasteiger partial charge in [-0.1, -0.05) is 24.4 Å². The van der Waals surface area contributed by atoms with E-state index in [1.54, 1.807) is 13.4 Å². The monoisotopic (exact) mass is 615 g/mol. The fourth-order valence-corrected chi connectivity index (χ4v) is 8.03. The molecule has 1 atom stereocenters. The number of methoxy groups -OCH3 is 1. The van der Waals surface area contributed by atoms with Crippen LogP contribution in [0.4, 0.5) is 0 Å². The Hall–Kier alpha value is -3.59. The molecule has 1 saturated carbocycles. The molecule has 2 aromatic rings. The summed E-state index contributed by atoms with van der Waals surface area (Å²) in [6, 6.07) is 7.62. The van der Waals surface area contributed by atoms with Gasteiger partial charge in [-0.25, -0.2) is 4.98 Å². The molecule has 2 aliphatic carbocycles. The Morgan fingerprint density at radius 1 is 1.09 bits per heavy atom. The normalized spacial score (nSPS) is 21.9. The van der Waals surface area contributed by atoms with Gasteiger partial charge < -0.3 is 14.4 Å². The molecule has 0 saturated heterocycles. The van der Waals surface area contributed by atoms with Crippen molar-refractivity contribution in [2.75, 3.05) is 19.9 Å². The third kappa shape index (κ3) is 4.75. The molecule has 1 aromatic heterocycles. The maximum absolute atomic E-state index is 14.4. The summed E-state index contributed by atoms with van der Waals surface area (Å²) in [5.41, 5.74) is 4.83. The third-order valence-corrected chi connectivity index (χ3v) is 10.5. The molecule has 1 aromatic carbocycles. The number of ether oxygens (including phenoxy) is 2. The summed E-state index contributed by atoms with van der Waals surface area (Å²) in [6.07, 6.45) is 6.70. The van der Waals surface area contributed by atoms with E-state index in [4.69, 9.17) is 14.5 Å². The maximum Gasteiger partial charge on any atom is 0.279 e. The lowest BCUT2D eigenvalue weighted by molar-refractivity contribution is -0.135. The van der Waals surface area contributed by atoms with Crippen molar-refractivity contribution >= 4 is 29.5 Å². The Labute approximate surface area is 263 Å². The summed E-state index contributed by atoms with van der Waals surface area (Å²) in [5.74, 6) is 1.04. The standard InChI is InChI=1S/C35H41N3O5S/c1-8-38-33(41)29-25(17-34(38,4)5)43-26-18-35(14-9-15-35)16-23(39)28(26)30(29)27-20(3)21(11-13-24(27)42-6)22-12-10-19(2)31(36-22)32(40)37-44-7/h10-13,30H,8-9,14-18H2,1-7H3,(H,37,40)/t30-/m1/s1. The third-order valence-electron chi connectivity index (χ3n) is 10.1. The van der Waals surface area contributed by atoms with Gasteiger partial charge in [0, 0.05) is 54.3 Å². The molecule has 6 rings (SSSR count). The Bertz CT molecular complexity index is 1650. The van der Waals surface area contributed by atoms with Crippen molar-refractivity contribution in [3.8, 4) is 17.0 Å². The Balaban J connectivity index is 1.58. The van der Waals surface area contributed by atoms with Crippen LogP contribution in [0.5, 0.6) is 5.75 Å². The molecule has 3 heterocycles. The van der Waals surface area contributed by atoms with Crippen molar-refractivity contribution in [3.05, 3.63) is 69.3 Å². The molecular weight excluding hydrogens is 574 g/mol. The molecule has 0 unspecified atom stereocenters. The van der Waals surface area contributed by atoms with Gasteiger partial charge >= 0.3 is 0 Å². The first-order valence-corrected chi connectivity index (χ1v) is 16.7.